The van der Waals surface area contributed by atoms with Gasteiger partial charge in [0.05, 0.1) is 17.1 Å². The number of nitrogens with zero attached hydrogens (tertiary/aromatic N) is 3. The molecule has 1 aliphatic carbocycles. The molecule has 2 heterocycles. The number of rotatable bonds is 7. The number of carbonyl (C=O) groups is 2. The van der Waals surface area contributed by atoms with Crippen LogP contribution in [0.4, 0.5) is 5.69 Å². The van der Waals surface area contributed by atoms with E-state index in [9.17, 15) is 9.59 Å². The van der Waals surface area contributed by atoms with Gasteiger partial charge in [0.15, 0.2) is 0 Å². The fraction of sp³-hybridized carbons (Fsp3) is 0.438. The predicted octanol–water partition coefficient (Wildman–Crippen LogP) is 6.68. The summed E-state index contributed by atoms with van der Waals surface area (Å²) in [6, 6.07) is 20.6. The molecule has 194 valence electrons. The average molecular weight is 498 g/mol. The number of para-hydroxylation sites is 2. The van der Waals surface area contributed by atoms with Crippen LogP contribution in [0, 0.1) is 18.3 Å². The molecule has 5 heteroatoms. The maximum Gasteiger partial charge on any atom is 0.247 e. The standard InChI is InChI=1S/C32H39N3O2/c1-22-12-14-24(15-13-22)31-28-11-8-18-33(28)26-9-6-7-10-27(26)35(31)30(37)21-34(25-16-17-25)29(36)19-23(2)20-32(3,4)5/h6-15,18,23,25,31H,16-17,19-21H2,1-5H3. The van der Waals surface area contributed by atoms with Crippen LogP contribution in [0.25, 0.3) is 5.69 Å². The molecule has 5 rings (SSSR count). The first kappa shape index (κ1) is 25.3. The Morgan fingerprint density at radius 3 is 2.30 bits per heavy atom. The maximum absolute atomic E-state index is 14.2. The van der Waals surface area contributed by atoms with Crippen LogP contribution in [0.2, 0.25) is 0 Å². The zero-order valence-corrected chi connectivity index (χ0v) is 22.8. The summed E-state index contributed by atoms with van der Waals surface area (Å²) in [7, 11) is 0. The Labute approximate surface area is 221 Å². The Morgan fingerprint density at radius 2 is 1.65 bits per heavy atom. The van der Waals surface area contributed by atoms with Crippen LogP contribution in [-0.4, -0.2) is 33.9 Å². The highest BCUT2D eigenvalue weighted by Gasteiger charge is 2.40. The number of fused-ring (bicyclic) bond motifs is 3. The molecule has 2 aromatic carbocycles. The molecule has 1 aliphatic heterocycles. The highest BCUT2D eigenvalue weighted by Crippen LogP contribution is 2.42. The van der Waals surface area contributed by atoms with Crippen LogP contribution in [0.1, 0.15) is 76.2 Å². The van der Waals surface area contributed by atoms with Crippen molar-refractivity contribution < 1.29 is 9.59 Å². The van der Waals surface area contributed by atoms with E-state index in [1.165, 1.54) is 5.56 Å². The third kappa shape index (κ3) is 5.36. The van der Waals surface area contributed by atoms with Crippen molar-refractivity contribution in [3.05, 3.63) is 83.7 Å². The molecule has 0 radical (unpaired) electrons. The molecule has 2 amide bonds. The Bertz CT molecular complexity index is 1280. The van der Waals surface area contributed by atoms with Crippen LogP contribution in [0.15, 0.2) is 66.9 Å². The Hall–Kier alpha value is -3.34. The molecule has 0 N–H and O–H groups in total. The highest BCUT2D eigenvalue weighted by atomic mass is 16.2. The van der Waals surface area contributed by atoms with E-state index < -0.39 is 0 Å². The van der Waals surface area contributed by atoms with Crippen LogP contribution in [-0.2, 0) is 9.59 Å². The van der Waals surface area contributed by atoms with Gasteiger partial charge in [-0.2, -0.15) is 0 Å². The van der Waals surface area contributed by atoms with Crippen LogP contribution >= 0.6 is 0 Å². The quantitative estimate of drug-likeness (QED) is 0.366. The van der Waals surface area contributed by atoms with Crippen LogP contribution in [0.3, 0.4) is 0 Å². The van der Waals surface area contributed by atoms with Gasteiger partial charge in [-0.1, -0.05) is 69.7 Å². The van der Waals surface area contributed by atoms with Gasteiger partial charge in [0.2, 0.25) is 11.8 Å². The number of aromatic nitrogens is 1. The van der Waals surface area contributed by atoms with Crippen molar-refractivity contribution in [2.75, 3.05) is 11.4 Å². The smallest absolute Gasteiger partial charge is 0.247 e. The van der Waals surface area contributed by atoms with E-state index in [4.69, 9.17) is 0 Å². The van der Waals surface area contributed by atoms with E-state index in [2.05, 4.69) is 81.8 Å². The lowest BCUT2D eigenvalue weighted by Crippen LogP contribution is -2.47. The number of aryl methyl sites for hydroxylation is 1. The lowest BCUT2D eigenvalue weighted by atomic mass is 9.84. The van der Waals surface area contributed by atoms with E-state index >= 15 is 0 Å². The van der Waals surface area contributed by atoms with Gasteiger partial charge in [0.1, 0.15) is 12.6 Å². The maximum atomic E-state index is 14.2. The second kappa shape index (κ2) is 9.85. The van der Waals surface area contributed by atoms with Gasteiger partial charge in [-0.3, -0.25) is 14.5 Å². The minimum atomic E-state index is -0.256. The third-order valence-corrected chi connectivity index (χ3v) is 7.48. The van der Waals surface area contributed by atoms with E-state index in [0.717, 1.165) is 41.9 Å². The predicted molar refractivity (Wildman–Crippen MR) is 149 cm³/mol. The molecule has 1 aromatic heterocycles. The van der Waals surface area contributed by atoms with E-state index in [-0.39, 0.29) is 41.8 Å². The molecule has 0 bridgehead atoms. The molecule has 0 saturated heterocycles. The zero-order chi connectivity index (χ0) is 26.3. The summed E-state index contributed by atoms with van der Waals surface area (Å²) in [5.74, 6) is 0.352. The summed E-state index contributed by atoms with van der Waals surface area (Å²) in [6.45, 7) is 11.0. The summed E-state index contributed by atoms with van der Waals surface area (Å²) in [5.41, 5.74) is 5.35. The molecule has 3 aromatic rings. The molecule has 1 saturated carbocycles. The zero-order valence-electron chi connectivity index (χ0n) is 22.8. The second-order valence-electron chi connectivity index (χ2n) is 12.2. The van der Waals surface area contributed by atoms with Crippen molar-refractivity contribution in [3.8, 4) is 5.69 Å². The average Bonchev–Trinajstić information content (AvgIpc) is 3.56. The fourth-order valence-corrected chi connectivity index (χ4v) is 5.89. The van der Waals surface area contributed by atoms with Crippen molar-refractivity contribution in [2.24, 2.45) is 11.3 Å². The largest absolute Gasteiger partial charge is 0.330 e. The lowest BCUT2D eigenvalue weighted by Gasteiger charge is -2.39. The second-order valence-corrected chi connectivity index (χ2v) is 12.2. The molecule has 0 spiro atoms. The van der Waals surface area contributed by atoms with E-state index in [1.54, 1.807) is 0 Å². The Balaban J connectivity index is 1.47. The first-order valence-corrected chi connectivity index (χ1v) is 13.6. The highest BCUT2D eigenvalue weighted by molar-refractivity contribution is 6.00. The monoisotopic (exact) mass is 497 g/mol. The molecule has 37 heavy (non-hydrogen) atoms. The minimum absolute atomic E-state index is 0.0331. The number of amides is 2. The Morgan fingerprint density at radius 1 is 0.973 bits per heavy atom. The lowest BCUT2D eigenvalue weighted by molar-refractivity contribution is -0.136. The van der Waals surface area contributed by atoms with Gasteiger partial charge in [-0.05, 0) is 67.3 Å². The summed E-state index contributed by atoms with van der Waals surface area (Å²) in [4.78, 5) is 31.5. The van der Waals surface area contributed by atoms with Gasteiger partial charge in [0.25, 0.3) is 0 Å². The van der Waals surface area contributed by atoms with Gasteiger partial charge in [-0.25, -0.2) is 0 Å². The van der Waals surface area contributed by atoms with Gasteiger partial charge >= 0.3 is 0 Å². The topological polar surface area (TPSA) is 45.6 Å². The summed E-state index contributed by atoms with van der Waals surface area (Å²) in [6.07, 6.45) is 5.49. The van der Waals surface area contributed by atoms with Crippen molar-refractivity contribution >= 4 is 17.5 Å². The number of hydrogen-bond acceptors (Lipinski definition) is 2. The SMILES string of the molecule is Cc1ccc(C2c3cccn3-c3ccccc3N2C(=O)CN(C(=O)CC(C)CC(C)(C)C)C2CC2)cc1. The van der Waals surface area contributed by atoms with Crippen molar-refractivity contribution in [3.63, 3.8) is 0 Å². The summed E-state index contributed by atoms with van der Waals surface area (Å²) in [5, 5.41) is 0. The normalized spacial score (nSPS) is 17.6. The number of benzene rings is 2. The molecular formula is C32H39N3O2. The van der Waals surface area contributed by atoms with E-state index in [1.807, 2.05) is 34.1 Å². The minimum Gasteiger partial charge on any atom is -0.330 e. The van der Waals surface area contributed by atoms with Gasteiger partial charge in [0, 0.05) is 18.7 Å². The summed E-state index contributed by atoms with van der Waals surface area (Å²) < 4.78 is 2.18. The van der Waals surface area contributed by atoms with Crippen LogP contribution < -0.4 is 4.90 Å². The first-order chi connectivity index (χ1) is 17.6. The molecule has 5 nitrogen and oxygen atoms in total. The fourth-order valence-electron chi connectivity index (χ4n) is 5.89. The third-order valence-electron chi connectivity index (χ3n) is 7.48. The molecule has 2 aliphatic rings. The molecule has 2 atom stereocenters. The molecule has 2 unspecified atom stereocenters. The van der Waals surface area contributed by atoms with Crippen LogP contribution in [0.5, 0.6) is 0 Å². The van der Waals surface area contributed by atoms with Crippen molar-refractivity contribution in [1.29, 1.82) is 0 Å². The van der Waals surface area contributed by atoms with Gasteiger partial charge in [-0.15, -0.1) is 0 Å². The number of carbonyl (C=O) groups excluding carboxylic acids is 2. The Kier molecular flexibility index (Phi) is 6.74. The number of hydrogen-bond donors (Lipinski definition) is 0. The van der Waals surface area contributed by atoms with Crippen molar-refractivity contribution in [2.45, 2.75) is 72.4 Å². The molecule has 1 fully saturated rings. The first-order valence-electron chi connectivity index (χ1n) is 13.6. The molecular weight excluding hydrogens is 458 g/mol. The van der Waals surface area contributed by atoms with Crippen molar-refractivity contribution in [1.82, 2.24) is 9.47 Å². The summed E-state index contributed by atoms with van der Waals surface area (Å²) >= 11 is 0. The number of anilines is 1. The van der Waals surface area contributed by atoms with E-state index in [0.29, 0.717) is 6.42 Å². The van der Waals surface area contributed by atoms with Gasteiger partial charge < -0.3 is 9.47 Å².